The Morgan fingerprint density at radius 2 is 0.965 bits per heavy atom. The fourth-order valence-electron chi connectivity index (χ4n) is 6.14. The highest BCUT2D eigenvalue weighted by Gasteiger charge is 2.22. The summed E-state index contributed by atoms with van der Waals surface area (Å²) in [5, 5.41) is 9.80. The largest absolute Gasteiger partial charge is 0.469 e. The zero-order chi connectivity index (χ0) is 41.9. The first-order chi connectivity index (χ1) is 27.7. The van der Waals surface area contributed by atoms with Gasteiger partial charge >= 0.3 is 19.8 Å². The van der Waals surface area contributed by atoms with Gasteiger partial charge in [0.05, 0.1) is 12.7 Å². The molecule has 0 aromatic rings. The lowest BCUT2D eigenvalue weighted by Crippen LogP contribution is -2.29. The molecule has 0 rings (SSSR count). The third-order valence-corrected chi connectivity index (χ3v) is 10.1. The van der Waals surface area contributed by atoms with Crippen LogP contribution in [0.5, 0.6) is 0 Å². The fourth-order valence-corrected chi connectivity index (χ4v) is 6.50. The number of allylic oxidation sites excluding steroid dienone is 9. The summed E-state index contributed by atoms with van der Waals surface area (Å²) >= 11 is 0. The number of unbranched alkanes of at least 4 members (excludes halogenated alkanes) is 19. The first-order valence-electron chi connectivity index (χ1n) is 22.7. The number of hydrogen-bond acceptors (Lipinski definition) is 7. The number of rotatable bonds is 41. The average Bonchev–Trinajstić information content (AvgIpc) is 3.18. The molecule has 0 aromatic heterocycles. The molecule has 0 bridgehead atoms. The molecular formula is C47H83O9P. The van der Waals surface area contributed by atoms with Crippen molar-refractivity contribution >= 4 is 19.8 Å². The minimum atomic E-state index is -4.78. The molecule has 330 valence electrons. The van der Waals surface area contributed by atoms with Gasteiger partial charge in [0.1, 0.15) is 6.61 Å². The van der Waals surface area contributed by atoms with Crippen LogP contribution in [-0.2, 0) is 28.2 Å². The topological polar surface area (TPSA) is 140 Å². The molecule has 0 aliphatic rings. The van der Waals surface area contributed by atoms with Gasteiger partial charge in [0.2, 0.25) is 0 Å². The van der Waals surface area contributed by atoms with Crippen LogP contribution in [0.25, 0.3) is 0 Å². The van der Waals surface area contributed by atoms with Crippen molar-refractivity contribution in [3.05, 3.63) is 60.8 Å². The van der Waals surface area contributed by atoms with E-state index in [-0.39, 0.29) is 25.6 Å². The number of hydrogen-bond donors (Lipinski definition) is 3. The first-order valence-corrected chi connectivity index (χ1v) is 24.2. The van der Waals surface area contributed by atoms with Crippen LogP contribution in [-0.4, -0.2) is 52.3 Å². The second-order valence-electron chi connectivity index (χ2n) is 15.2. The van der Waals surface area contributed by atoms with Gasteiger partial charge in [-0.15, -0.1) is 0 Å². The summed E-state index contributed by atoms with van der Waals surface area (Å²) in [5.74, 6) is -0.973. The predicted molar refractivity (Wildman–Crippen MR) is 236 cm³/mol. The van der Waals surface area contributed by atoms with E-state index in [1.54, 1.807) is 0 Å². The smallest absolute Gasteiger partial charge is 0.462 e. The lowest BCUT2D eigenvalue weighted by molar-refractivity contribution is -0.161. The van der Waals surface area contributed by atoms with Crippen LogP contribution < -0.4 is 0 Å². The lowest BCUT2D eigenvalue weighted by atomic mass is 10.0. The molecule has 9 nitrogen and oxygen atoms in total. The molecule has 0 amide bonds. The van der Waals surface area contributed by atoms with Crippen molar-refractivity contribution in [1.82, 2.24) is 0 Å². The quantitative estimate of drug-likeness (QED) is 0.0238. The maximum absolute atomic E-state index is 12.4. The average molecular weight is 823 g/mol. The molecule has 0 saturated heterocycles. The highest BCUT2D eigenvalue weighted by Crippen LogP contribution is 2.36. The minimum Gasteiger partial charge on any atom is -0.462 e. The van der Waals surface area contributed by atoms with E-state index >= 15 is 0 Å². The molecule has 0 heterocycles. The summed E-state index contributed by atoms with van der Waals surface area (Å²) in [4.78, 5) is 42.9. The molecule has 0 aromatic carbocycles. The van der Waals surface area contributed by atoms with Crippen LogP contribution in [0.3, 0.4) is 0 Å². The molecule has 2 atom stereocenters. The van der Waals surface area contributed by atoms with Crippen LogP contribution >= 0.6 is 7.82 Å². The molecule has 3 N–H and O–H groups in total. The number of esters is 2. The van der Waals surface area contributed by atoms with Crippen LogP contribution in [0.4, 0.5) is 0 Å². The van der Waals surface area contributed by atoms with Gasteiger partial charge in [0.15, 0.2) is 6.10 Å². The molecule has 0 spiro atoms. The summed E-state index contributed by atoms with van der Waals surface area (Å²) in [7, 11) is -4.78. The van der Waals surface area contributed by atoms with E-state index in [2.05, 4.69) is 54.8 Å². The predicted octanol–water partition coefficient (Wildman–Crippen LogP) is 13.0. The van der Waals surface area contributed by atoms with E-state index in [1.165, 1.54) is 96.3 Å². The van der Waals surface area contributed by atoms with Gasteiger partial charge in [-0.2, -0.15) is 0 Å². The van der Waals surface area contributed by atoms with Gasteiger partial charge in [0, 0.05) is 12.8 Å². The Balaban J connectivity index is 3.98. The molecule has 57 heavy (non-hydrogen) atoms. The Morgan fingerprint density at radius 3 is 1.51 bits per heavy atom. The molecule has 0 saturated carbocycles. The minimum absolute atomic E-state index is 0.118. The van der Waals surface area contributed by atoms with Crippen molar-refractivity contribution in [2.24, 2.45) is 0 Å². The number of phosphoric acid groups is 1. The van der Waals surface area contributed by atoms with Gasteiger partial charge in [-0.05, 0) is 70.6 Å². The number of aliphatic hydroxyl groups excluding tert-OH is 1. The molecule has 0 unspecified atom stereocenters. The van der Waals surface area contributed by atoms with Crippen molar-refractivity contribution in [2.45, 2.75) is 212 Å². The van der Waals surface area contributed by atoms with E-state index < -0.39 is 32.5 Å². The molecule has 10 heteroatoms. The van der Waals surface area contributed by atoms with E-state index in [4.69, 9.17) is 19.3 Å². The second-order valence-corrected chi connectivity index (χ2v) is 16.4. The molecule has 0 aliphatic heterocycles. The summed E-state index contributed by atoms with van der Waals surface area (Å²) in [6, 6.07) is 0. The maximum atomic E-state index is 12.4. The van der Waals surface area contributed by atoms with Crippen molar-refractivity contribution < 1.29 is 43.0 Å². The molecule has 0 aliphatic carbocycles. The first kappa shape index (κ1) is 54.7. The standard InChI is InChI=1S/C47H83O9P/c1-3-5-7-8-9-10-11-12-13-14-15-16-17-18-19-20-24-27-30-33-36-40-46(49)54-42-45(43-55-57(51,52)53)56-47(50)41-37-34-31-28-25-22-21-23-26-29-32-35-39-44(48)38-6-4-2/h12-13,21-22,26,28-29,31,35,39,44-45,48H,3-11,14-20,23-25,27,30,32-34,36-38,40-43H2,1-2H3,(H2,51,52,53)/b13-12-,22-21-,29-26-,31-28-,39-35-/t44-,45-/m1/s1. The normalized spacial score (nSPS) is 13.6. The number of carbonyl (C=O) groups excluding carboxylic acids is 2. The van der Waals surface area contributed by atoms with E-state index in [9.17, 15) is 19.3 Å². The third-order valence-electron chi connectivity index (χ3n) is 9.58. The van der Waals surface area contributed by atoms with Gasteiger partial charge in [-0.1, -0.05) is 177 Å². The summed E-state index contributed by atoms with van der Waals surface area (Å²) in [6.07, 6.45) is 50.0. The Kier molecular flexibility index (Phi) is 40.2. The molecular weight excluding hydrogens is 739 g/mol. The van der Waals surface area contributed by atoms with Gasteiger partial charge in [-0.25, -0.2) is 4.57 Å². The molecule has 0 radical (unpaired) electrons. The number of phosphoric ester groups is 1. The summed E-state index contributed by atoms with van der Waals surface area (Å²) < 4.78 is 26.4. The van der Waals surface area contributed by atoms with E-state index in [0.717, 1.165) is 57.8 Å². The Labute approximate surface area is 348 Å². The van der Waals surface area contributed by atoms with Crippen molar-refractivity contribution in [3.8, 4) is 0 Å². The SMILES string of the molecule is CCCCCCCC/C=C\CCCCCCCCCCCCCC(=O)OC[C@H](COP(=O)(O)O)OC(=O)CCC/C=C\C/C=C\C/C=C\C/C=C\[C@H](O)CCCC. The Bertz CT molecular complexity index is 1120. The second kappa shape index (κ2) is 41.9. The summed E-state index contributed by atoms with van der Waals surface area (Å²) in [5.41, 5.74) is 0. The van der Waals surface area contributed by atoms with Crippen molar-refractivity contribution in [1.29, 1.82) is 0 Å². The van der Waals surface area contributed by atoms with Crippen LogP contribution in [0, 0.1) is 0 Å². The van der Waals surface area contributed by atoms with Crippen LogP contribution in [0.2, 0.25) is 0 Å². The monoisotopic (exact) mass is 823 g/mol. The van der Waals surface area contributed by atoms with Gasteiger partial charge in [-0.3, -0.25) is 14.1 Å². The fraction of sp³-hybridized carbons (Fsp3) is 0.745. The zero-order valence-electron chi connectivity index (χ0n) is 36.1. The van der Waals surface area contributed by atoms with Crippen LogP contribution in [0.15, 0.2) is 60.8 Å². The van der Waals surface area contributed by atoms with Gasteiger partial charge < -0.3 is 24.4 Å². The van der Waals surface area contributed by atoms with Crippen LogP contribution in [0.1, 0.15) is 200 Å². The Morgan fingerprint density at radius 1 is 0.526 bits per heavy atom. The van der Waals surface area contributed by atoms with Crippen molar-refractivity contribution in [3.63, 3.8) is 0 Å². The van der Waals surface area contributed by atoms with E-state index in [0.29, 0.717) is 19.3 Å². The number of aliphatic hydroxyl groups is 1. The zero-order valence-corrected chi connectivity index (χ0v) is 37.0. The maximum Gasteiger partial charge on any atom is 0.469 e. The lowest BCUT2D eigenvalue weighted by Gasteiger charge is -2.18. The van der Waals surface area contributed by atoms with Crippen molar-refractivity contribution in [2.75, 3.05) is 13.2 Å². The third kappa shape index (κ3) is 44.7. The Hall–Kier alpha value is -2.29. The van der Waals surface area contributed by atoms with E-state index in [1.807, 2.05) is 24.3 Å². The number of ether oxygens (including phenoxy) is 2. The van der Waals surface area contributed by atoms with Gasteiger partial charge in [0.25, 0.3) is 0 Å². The highest BCUT2D eigenvalue weighted by molar-refractivity contribution is 7.46. The summed E-state index contributed by atoms with van der Waals surface area (Å²) in [6.45, 7) is 3.49. The molecule has 0 fully saturated rings. The highest BCUT2D eigenvalue weighted by atomic mass is 31.2. The number of carbonyl (C=O) groups is 2.